The standard InChI is InChI=1S/C19H32N2/c1-4-12-20-19(18-8-6-16(3)7-9-18)15-21-13-10-17(5-2)11-14-21/h6-9,17,19-20H,4-5,10-15H2,1-3H3. The van der Waals surface area contributed by atoms with E-state index in [1.54, 1.807) is 0 Å². The normalized spacial score (nSPS) is 18.8. The zero-order valence-corrected chi connectivity index (χ0v) is 14.1. The van der Waals surface area contributed by atoms with Gasteiger partial charge in [-0.05, 0) is 57.3 Å². The molecule has 1 N–H and O–H groups in total. The molecule has 1 fully saturated rings. The molecule has 0 amide bonds. The lowest BCUT2D eigenvalue weighted by Crippen LogP contribution is -2.40. The predicted molar refractivity (Wildman–Crippen MR) is 91.7 cm³/mol. The Labute approximate surface area is 130 Å². The molecule has 1 atom stereocenters. The van der Waals surface area contributed by atoms with Crippen molar-refractivity contribution in [3.05, 3.63) is 35.4 Å². The second kappa shape index (κ2) is 8.55. The summed E-state index contributed by atoms with van der Waals surface area (Å²) in [6.45, 7) is 11.5. The van der Waals surface area contributed by atoms with Crippen LogP contribution < -0.4 is 5.32 Å². The summed E-state index contributed by atoms with van der Waals surface area (Å²) in [5.74, 6) is 0.961. The third-order valence-electron chi connectivity index (χ3n) is 4.85. The monoisotopic (exact) mass is 288 g/mol. The Morgan fingerprint density at radius 1 is 1.14 bits per heavy atom. The summed E-state index contributed by atoms with van der Waals surface area (Å²) in [4.78, 5) is 2.65. The molecule has 1 aromatic carbocycles. The number of rotatable bonds is 7. The molecule has 2 rings (SSSR count). The van der Waals surface area contributed by atoms with E-state index >= 15 is 0 Å². The van der Waals surface area contributed by atoms with Crippen LogP contribution in [0.2, 0.25) is 0 Å². The van der Waals surface area contributed by atoms with Gasteiger partial charge in [-0.2, -0.15) is 0 Å². The van der Waals surface area contributed by atoms with Crippen molar-refractivity contribution in [1.82, 2.24) is 10.2 Å². The Kier molecular flexibility index (Phi) is 6.72. The zero-order valence-electron chi connectivity index (χ0n) is 14.1. The number of piperidine rings is 1. The SMILES string of the molecule is CCCNC(CN1CCC(CC)CC1)c1ccc(C)cc1. The fraction of sp³-hybridized carbons (Fsp3) is 0.684. The summed E-state index contributed by atoms with van der Waals surface area (Å²) in [5, 5.41) is 3.74. The summed E-state index contributed by atoms with van der Waals surface area (Å²) >= 11 is 0. The summed E-state index contributed by atoms with van der Waals surface area (Å²) in [7, 11) is 0. The van der Waals surface area contributed by atoms with E-state index in [1.165, 1.54) is 49.9 Å². The van der Waals surface area contributed by atoms with Crippen molar-refractivity contribution in [3.63, 3.8) is 0 Å². The summed E-state index contributed by atoms with van der Waals surface area (Å²) in [6.07, 6.45) is 5.30. The fourth-order valence-electron chi connectivity index (χ4n) is 3.24. The summed E-state index contributed by atoms with van der Waals surface area (Å²) < 4.78 is 0. The molecule has 1 unspecified atom stereocenters. The van der Waals surface area contributed by atoms with Gasteiger partial charge in [-0.3, -0.25) is 0 Å². The molecule has 1 heterocycles. The maximum Gasteiger partial charge on any atom is 0.0449 e. The molecule has 1 saturated heterocycles. The van der Waals surface area contributed by atoms with Crippen molar-refractivity contribution in [2.45, 2.75) is 52.5 Å². The molecule has 0 spiro atoms. The smallest absolute Gasteiger partial charge is 0.0449 e. The number of hydrogen-bond acceptors (Lipinski definition) is 2. The topological polar surface area (TPSA) is 15.3 Å². The third kappa shape index (κ3) is 5.12. The largest absolute Gasteiger partial charge is 0.309 e. The molecular formula is C19H32N2. The van der Waals surface area contributed by atoms with Crippen LogP contribution in [0.1, 0.15) is 56.7 Å². The van der Waals surface area contributed by atoms with Crippen LogP contribution in [-0.2, 0) is 0 Å². The molecule has 1 aromatic rings. The Bertz CT molecular complexity index is 391. The van der Waals surface area contributed by atoms with Crippen LogP contribution in [0.15, 0.2) is 24.3 Å². The molecule has 0 aliphatic carbocycles. The number of nitrogens with one attached hydrogen (secondary N) is 1. The van der Waals surface area contributed by atoms with E-state index in [-0.39, 0.29) is 0 Å². The number of nitrogens with zero attached hydrogens (tertiary/aromatic N) is 1. The average molecular weight is 288 g/mol. The molecule has 0 bridgehead atoms. The summed E-state index contributed by atoms with van der Waals surface area (Å²) in [6, 6.07) is 9.53. The van der Waals surface area contributed by atoms with Crippen LogP contribution in [-0.4, -0.2) is 31.1 Å². The van der Waals surface area contributed by atoms with Crippen LogP contribution in [0.25, 0.3) is 0 Å². The molecule has 2 nitrogen and oxygen atoms in total. The number of aryl methyl sites for hydroxylation is 1. The molecular weight excluding hydrogens is 256 g/mol. The molecule has 21 heavy (non-hydrogen) atoms. The lowest BCUT2D eigenvalue weighted by atomic mass is 9.94. The minimum atomic E-state index is 0.476. The first-order valence-electron chi connectivity index (χ1n) is 8.75. The first-order valence-corrected chi connectivity index (χ1v) is 8.75. The molecule has 0 radical (unpaired) electrons. The molecule has 118 valence electrons. The molecule has 1 aliphatic rings. The minimum Gasteiger partial charge on any atom is -0.309 e. The highest BCUT2D eigenvalue weighted by atomic mass is 15.2. The van der Waals surface area contributed by atoms with Gasteiger partial charge in [-0.25, -0.2) is 0 Å². The highest BCUT2D eigenvalue weighted by Gasteiger charge is 2.21. The van der Waals surface area contributed by atoms with Gasteiger partial charge in [-0.15, -0.1) is 0 Å². The lowest BCUT2D eigenvalue weighted by molar-refractivity contribution is 0.166. The van der Waals surface area contributed by atoms with Crippen LogP contribution in [0.3, 0.4) is 0 Å². The van der Waals surface area contributed by atoms with Crippen molar-refractivity contribution < 1.29 is 0 Å². The Hall–Kier alpha value is -0.860. The fourth-order valence-corrected chi connectivity index (χ4v) is 3.24. The number of likely N-dealkylation sites (tertiary alicyclic amines) is 1. The second-order valence-corrected chi connectivity index (χ2v) is 6.57. The van der Waals surface area contributed by atoms with Crippen molar-refractivity contribution in [2.24, 2.45) is 5.92 Å². The van der Waals surface area contributed by atoms with Crippen molar-refractivity contribution >= 4 is 0 Å². The number of hydrogen-bond donors (Lipinski definition) is 1. The van der Waals surface area contributed by atoms with Crippen molar-refractivity contribution in [1.29, 1.82) is 0 Å². The molecule has 0 aromatic heterocycles. The first kappa shape index (κ1) is 16.5. The van der Waals surface area contributed by atoms with Crippen molar-refractivity contribution in [3.8, 4) is 0 Å². The van der Waals surface area contributed by atoms with Gasteiger partial charge in [0.05, 0.1) is 0 Å². The number of benzene rings is 1. The van der Waals surface area contributed by atoms with Crippen LogP contribution in [0, 0.1) is 12.8 Å². The highest BCUT2D eigenvalue weighted by Crippen LogP contribution is 2.22. The van der Waals surface area contributed by atoms with Gasteiger partial charge in [0.25, 0.3) is 0 Å². The van der Waals surface area contributed by atoms with Gasteiger partial charge in [-0.1, -0.05) is 50.1 Å². The van der Waals surface area contributed by atoms with Gasteiger partial charge in [0, 0.05) is 12.6 Å². The molecule has 0 saturated carbocycles. The predicted octanol–water partition coefficient (Wildman–Crippen LogP) is 4.16. The van der Waals surface area contributed by atoms with Crippen LogP contribution in [0.4, 0.5) is 0 Å². The zero-order chi connectivity index (χ0) is 15.1. The Morgan fingerprint density at radius 2 is 1.81 bits per heavy atom. The lowest BCUT2D eigenvalue weighted by Gasteiger charge is -2.34. The van der Waals surface area contributed by atoms with Crippen LogP contribution in [0.5, 0.6) is 0 Å². The molecule has 1 aliphatic heterocycles. The van der Waals surface area contributed by atoms with E-state index in [9.17, 15) is 0 Å². The second-order valence-electron chi connectivity index (χ2n) is 6.57. The van der Waals surface area contributed by atoms with E-state index in [4.69, 9.17) is 0 Å². The van der Waals surface area contributed by atoms with Gasteiger partial charge in [0.15, 0.2) is 0 Å². The van der Waals surface area contributed by atoms with Gasteiger partial charge in [0.1, 0.15) is 0 Å². The van der Waals surface area contributed by atoms with Gasteiger partial charge in [0.2, 0.25) is 0 Å². The average Bonchev–Trinajstić information content (AvgIpc) is 2.53. The summed E-state index contributed by atoms with van der Waals surface area (Å²) in [5.41, 5.74) is 2.78. The quantitative estimate of drug-likeness (QED) is 0.810. The van der Waals surface area contributed by atoms with E-state index in [0.29, 0.717) is 6.04 Å². The molecule has 2 heteroatoms. The maximum atomic E-state index is 3.74. The van der Waals surface area contributed by atoms with E-state index < -0.39 is 0 Å². The van der Waals surface area contributed by atoms with E-state index in [2.05, 4.69) is 55.3 Å². The van der Waals surface area contributed by atoms with Crippen LogP contribution >= 0.6 is 0 Å². The first-order chi connectivity index (χ1) is 10.2. The van der Waals surface area contributed by atoms with Crippen molar-refractivity contribution in [2.75, 3.05) is 26.2 Å². The maximum absolute atomic E-state index is 3.74. The van der Waals surface area contributed by atoms with Gasteiger partial charge < -0.3 is 10.2 Å². The van der Waals surface area contributed by atoms with E-state index in [0.717, 1.165) is 19.0 Å². The van der Waals surface area contributed by atoms with Gasteiger partial charge >= 0.3 is 0 Å². The third-order valence-corrected chi connectivity index (χ3v) is 4.85. The Morgan fingerprint density at radius 3 is 2.38 bits per heavy atom. The Balaban J connectivity index is 1.95. The minimum absolute atomic E-state index is 0.476. The van der Waals surface area contributed by atoms with E-state index in [1.807, 2.05) is 0 Å². The highest BCUT2D eigenvalue weighted by molar-refractivity contribution is 5.24.